The Morgan fingerprint density at radius 1 is 1.16 bits per heavy atom. The van der Waals surface area contributed by atoms with Gasteiger partial charge in [-0.3, -0.25) is 34.5 Å². The molecule has 0 spiro atoms. The first-order valence-corrected chi connectivity index (χ1v) is 14.0. The van der Waals surface area contributed by atoms with Gasteiger partial charge in [0.25, 0.3) is 11.2 Å². The number of carbonyl (C=O) groups is 1. The molecule has 1 aromatic carbocycles. The summed E-state index contributed by atoms with van der Waals surface area (Å²) in [6.07, 6.45) is 4.46. The maximum Gasteiger partial charge on any atom is 0.343 e. The minimum Gasteiger partial charge on any atom is -0.458 e. The first kappa shape index (κ1) is 28.4. The number of aromatic nitrogens is 2. The SMILES string of the molecule is CC[C@@]1(O)C(=O)OCc2c1c([N+](=O)[O-])c1n(c2=O)Cc2c-1nc1cccc([N+](=O)[O-])c1c2C=NOCCN1CCCCC1. The van der Waals surface area contributed by atoms with Crippen molar-refractivity contribution >= 4 is 34.5 Å². The summed E-state index contributed by atoms with van der Waals surface area (Å²) in [5.74, 6) is -1.09. The highest BCUT2D eigenvalue weighted by molar-refractivity contribution is 6.07. The van der Waals surface area contributed by atoms with E-state index in [1.807, 2.05) is 0 Å². The minimum atomic E-state index is -2.42. The average molecular weight is 593 g/mol. The molecule has 0 bridgehead atoms. The van der Waals surface area contributed by atoms with E-state index in [9.17, 15) is 34.9 Å². The van der Waals surface area contributed by atoms with Gasteiger partial charge in [-0.15, -0.1) is 0 Å². The number of cyclic esters (lactones) is 1. The molecular formula is C28H28N6O9. The predicted octanol–water partition coefficient (Wildman–Crippen LogP) is 2.73. The number of non-ortho nitro benzene ring substituents is 1. The second kappa shape index (κ2) is 10.8. The summed E-state index contributed by atoms with van der Waals surface area (Å²) >= 11 is 0. The van der Waals surface area contributed by atoms with E-state index in [-0.39, 0.29) is 64.2 Å². The largest absolute Gasteiger partial charge is 0.458 e. The van der Waals surface area contributed by atoms with Crippen LogP contribution in [0.25, 0.3) is 22.3 Å². The van der Waals surface area contributed by atoms with Crippen molar-refractivity contribution < 1.29 is 29.3 Å². The van der Waals surface area contributed by atoms with E-state index in [2.05, 4.69) is 15.0 Å². The van der Waals surface area contributed by atoms with Gasteiger partial charge in [0.15, 0.2) is 5.60 Å². The molecule has 0 saturated carbocycles. The van der Waals surface area contributed by atoms with Gasteiger partial charge in [0, 0.05) is 23.7 Å². The molecule has 15 heteroatoms. The molecule has 1 N–H and O–H groups in total. The minimum absolute atomic E-state index is 0.0201. The second-order valence-corrected chi connectivity index (χ2v) is 10.7. The molecular weight excluding hydrogens is 564 g/mol. The Morgan fingerprint density at radius 3 is 2.63 bits per heavy atom. The number of fused-ring (bicyclic) bond motifs is 5. The summed E-state index contributed by atoms with van der Waals surface area (Å²) in [4.78, 5) is 62.0. The van der Waals surface area contributed by atoms with Crippen LogP contribution >= 0.6 is 0 Å². The van der Waals surface area contributed by atoms with Gasteiger partial charge in [-0.25, -0.2) is 9.78 Å². The van der Waals surface area contributed by atoms with E-state index in [0.717, 1.165) is 30.5 Å². The summed E-state index contributed by atoms with van der Waals surface area (Å²) in [5.41, 5.74) is -4.21. The van der Waals surface area contributed by atoms with Crippen molar-refractivity contribution in [3.05, 3.63) is 71.0 Å². The van der Waals surface area contributed by atoms with Crippen molar-refractivity contribution in [3.63, 3.8) is 0 Å². The quantitative estimate of drug-likeness (QED) is 0.104. The van der Waals surface area contributed by atoms with Crippen LogP contribution in [0.5, 0.6) is 0 Å². The Hall–Kier alpha value is -4.76. The van der Waals surface area contributed by atoms with Crippen molar-refractivity contribution in [2.45, 2.75) is 51.4 Å². The summed E-state index contributed by atoms with van der Waals surface area (Å²) in [6.45, 7) is 3.57. The predicted molar refractivity (Wildman–Crippen MR) is 152 cm³/mol. The van der Waals surface area contributed by atoms with Gasteiger partial charge in [0.1, 0.15) is 24.6 Å². The van der Waals surface area contributed by atoms with Crippen LogP contribution in [0.2, 0.25) is 0 Å². The van der Waals surface area contributed by atoms with E-state index >= 15 is 0 Å². The van der Waals surface area contributed by atoms with Gasteiger partial charge in [-0.1, -0.05) is 24.6 Å². The van der Waals surface area contributed by atoms with Gasteiger partial charge in [-0.2, -0.15) is 0 Å². The molecule has 5 heterocycles. The summed E-state index contributed by atoms with van der Waals surface area (Å²) < 4.78 is 6.18. The number of pyridine rings is 2. The van der Waals surface area contributed by atoms with E-state index in [1.165, 1.54) is 37.8 Å². The molecule has 0 aliphatic carbocycles. The number of carbonyl (C=O) groups excluding carboxylic acids is 1. The molecule has 0 radical (unpaired) electrons. The molecule has 224 valence electrons. The van der Waals surface area contributed by atoms with Crippen molar-refractivity contribution in [2.24, 2.45) is 5.16 Å². The van der Waals surface area contributed by atoms with Crippen molar-refractivity contribution in [2.75, 3.05) is 26.2 Å². The highest BCUT2D eigenvalue weighted by atomic mass is 16.6. The molecule has 2 aromatic heterocycles. The number of piperidine rings is 1. The zero-order valence-corrected chi connectivity index (χ0v) is 23.3. The van der Waals surface area contributed by atoms with E-state index in [4.69, 9.17) is 9.57 Å². The van der Waals surface area contributed by atoms with Gasteiger partial charge in [0.2, 0.25) is 0 Å². The molecule has 6 rings (SSSR count). The molecule has 1 atom stereocenters. The van der Waals surface area contributed by atoms with Crippen molar-refractivity contribution in [1.29, 1.82) is 0 Å². The molecule has 3 aliphatic rings. The highest BCUT2D eigenvalue weighted by Crippen LogP contribution is 2.47. The number of esters is 1. The number of nitro benzene ring substituents is 1. The first-order valence-electron chi connectivity index (χ1n) is 14.0. The number of ether oxygens (including phenoxy) is 1. The number of benzene rings is 1. The molecule has 15 nitrogen and oxygen atoms in total. The third-order valence-corrected chi connectivity index (χ3v) is 8.40. The molecule has 0 amide bonds. The Bertz CT molecular complexity index is 1780. The maximum absolute atomic E-state index is 13.7. The van der Waals surface area contributed by atoms with Gasteiger partial charge < -0.3 is 14.7 Å². The van der Waals surface area contributed by atoms with E-state index in [0.29, 0.717) is 6.54 Å². The molecule has 1 fully saturated rings. The smallest absolute Gasteiger partial charge is 0.343 e. The topological polar surface area (TPSA) is 193 Å². The standard InChI is InChI=1S/C28H28N6O9/c1-2-28(37)22-18(15-42-27(28)36)26(35)32-14-17-16(13-29-43-12-11-31-9-4-3-5-10-31)21-19(7-6-8-20(21)33(38)39)30-23(17)25(32)24(22)34(40)41/h6-8,13,37H,2-5,9-12,14-15H2,1H3/t28-/m0/s1. The normalized spacial score (nSPS) is 19.6. The fourth-order valence-corrected chi connectivity index (χ4v) is 6.26. The third kappa shape index (κ3) is 4.51. The Morgan fingerprint density at radius 2 is 1.93 bits per heavy atom. The summed E-state index contributed by atoms with van der Waals surface area (Å²) in [7, 11) is 0. The molecule has 3 aromatic rings. The lowest BCUT2D eigenvalue weighted by molar-refractivity contribution is -0.386. The van der Waals surface area contributed by atoms with Crippen LogP contribution in [0.15, 0.2) is 28.1 Å². The van der Waals surface area contributed by atoms with E-state index < -0.39 is 44.8 Å². The van der Waals surface area contributed by atoms with Gasteiger partial charge in [0.05, 0.1) is 44.6 Å². The zero-order valence-electron chi connectivity index (χ0n) is 23.3. The number of nitro groups is 2. The first-order chi connectivity index (χ1) is 20.7. The Balaban J connectivity index is 1.54. The Kier molecular flexibility index (Phi) is 7.14. The fourth-order valence-electron chi connectivity index (χ4n) is 6.26. The molecule has 43 heavy (non-hydrogen) atoms. The lowest BCUT2D eigenvalue weighted by Gasteiger charge is -2.31. The van der Waals surface area contributed by atoms with Crippen LogP contribution in [-0.4, -0.2) is 67.8 Å². The second-order valence-electron chi connectivity index (χ2n) is 10.7. The van der Waals surface area contributed by atoms with Gasteiger partial charge in [-0.05, 0) is 38.4 Å². The molecule has 1 saturated heterocycles. The van der Waals surface area contributed by atoms with Crippen LogP contribution in [0.4, 0.5) is 11.4 Å². The van der Waals surface area contributed by atoms with Crippen LogP contribution < -0.4 is 5.56 Å². The van der Waals surface area contributed by atoms with Gasteiger partial charge >= 0.3 is 11.7 Å². The lowest BCUT2D eigenvalue weighted by Crippen LogP contribution is -2.45. The van der Waals surface area contributed by atoms with Crippen LogP contribution in [-0.2, 0) is 33.1 Å². The number of rotatable bonds is 8. The van der Waals surface area contributed by atoms with Crippen molar-refractivity contribution in [1.82, 2.24) is 14.5 Å². The number of hydrogen-bond acceptors (Lipinski definition) is 12. The third-order valence-electron chi connectivity index (χ3n) is 8.40. The maximum atomic E-state index is 13.7. The molecule has 3 aliphatic heterocycles. The van der Waals surface area contributed by atoms with Crippen LogP contribution in [0, 0.1) is 20.2 Å². The van der Waals surface area contributed by atoms with Crippen LogP contribution in [0.3, 0.4) is 0 Å². The zero-order chi connectivity index (χ0) is 30.5. The number of oxime groups is 1. The monoisotopic (exact) mass is 592 g/mol. The lowest BCUT2D eigenvalue weighted by atomic mass is 9.84. The number of nitrogens with zero attached hydrogens (tertiary/aromatic N) is 6. The molecule has 0 unspecified atom stereocenters. The average Bonchev–Trinajstić information content (AvgIpc) is 3.38. The summed E-state index contributed by atoms with van der Waals surface area (Å²) in [5, 5.41) is 40.1. The Labute approximate surface area is 243 Å². The van der Waals surface area contributed by atoms with E-state index in [1.54, 1.807) is 0 Å². The number of aliphatic hydroxyl groups is 1. The van der Waals surface area contributed by atoms with Crippen molar-refractivity contribution in [3.8, 4) is 11.4 Å². The van der Waals surface area contributed by atoms with Crippen LogP contribution in [0.1, 0.15) is 54.9 Å². The fraction of sp³-hybridized carbons (Fsp3) is 0.429. The number of likely N-dealkylation sites (tertiary alicyclic amines) is 1. The number of hydrogen-bond donors (Lipinski definition) is 1. The highest BCUT2D eigenvalue weighted by Gasteiger charge is 2.52. The summed E-state index contributed by atoms with van der Waals surface area (Å²) in [6, 6.07) is 4.26.